The van der Waals surface area contributed by atoms with E-state index in [1.807, 2.05) is 13.8 Å². The molecule has 1 heterocycles. The molecule has 1 aliphatic rings. The van der Waals surface area contributed by atoms with Crippen LogP contribution in [0.1, 0.15) is 25.5 Å². The molecule has 4 nitrogen and oxygen atoms in total. The summed E-state index contributed by atoms with van der Waals surface area (Å²) in [7, 11) is 1.59. The lowest BCUT2D eigenvalue weighted by Crippen LogP contribution is -2.10. The van der Waals surface area contributed by atoms with Crippen molar-refractivity contribution in [1.29, 1.82) is 0 Å². The molecule has 1 N–H and O–H groups in total. The molecule has 1 fully saturated rings. The Bertz CT molecular complexity index is 377. The first-order valence-corrected chi connectivity index (χ1v) is 5.29. The normalized spacial score (nSPS) is 29.3. The molecule has 0 bridgehead atoms. The Morgan fingerprint density at radius 2 is 2.00 bits per heavy atom. The first-order valence-electron chi connectivity index (χ1n) is 5.29. The van der Waals surface area contributed by atoms with E-state index in [2.05, 4.69) is 0 Å². The van der Waals surface area contributed by atoms with Gasteiger partial charge in [-0.15, -0.1) is 0 Å². The van der Waals surface area contributed by atoms with Gasteiger partial charge < -0.3 is 19.3 Å². The molecular formula is C12H16O4. The number of benzene rings is 1. The molecule has 0 aliphatic carbocycles. The number of hydrogen-bond acceptors (Lipinski definition) is 4. The van der Waals surface area contributed by atoms with E-state index in [0.29, 0.717) is 11.3 Å². The molecule has 0 spiro atoms. The van der Waals surface area contributed by atoms with E-state index in [1.54, 1.807) is 25.3 Å². The van der Waals surface area contributed by atoms with Crippen molar-refractivity contribution in [3.8, 4) is 11.5 Å². The minimum absolute atomic E-state index is 0.0759. The van der Waals surface area contributed by atoms with Crippen LogP contribution in [0.3, 0.4) is 0 Å². The summed E-state index contributed by atoms with van der Waals surface area (Å²) in [4.78, 5) is 0. The molecule has 0 saturated carbocycles. The van der Waals surface area contributed by atoms with Crippen LogP contribution in [-0.2, 0) is 9.47 Å². The Labute approximate surface area is 94.8 Å². The van der Waals surface area contributed by atoms with E-state index in [1.165, 1.54) is 0 Å². The third-order valence-electron chi connectivity index (χ3n) is 2.71. The van der Waals surface area contributed by atoms with Crippen LogP contribution >= 0.6 is 0 Å². The van der Waals surface area contributed by atoms with E-state index < -0.39 is 0 Å². The number of rotatable bonds is 2. The molecule has 1 aliphatic heterocycles. The molecule has 0 aromatic heterocycles. The van der Waals surface area contributed by atoms with Crippen molar-refractivity contribution < 1.29 is 19.3 Å². The molecule has 4 heteroatoms. The topological polar surface area (TPSA) is 47.9 Å². The fourth-order valence-corrected chi connectivity index (χ4v) is 1.94. The molecule has 0 amide bonds. The average Bonchev–Trinajstić information content (AvgIpc) is 2.58. The van der Waals surface area contributed by atoms with E-state index in [4.69, 9.17) is 14.2 Å². The Balaban J connectivity index is 2.32. The Morgan fingerprint density at radius 3 is 2.56 bits per heavy atom. The van der Waals surface area contributed by atoms with Crippen molar-refractivity contribution in [2.24, 2.45) is 0 Å². The Morgan fingerprint density at radius 1 is 1.25 bits per heavy atom. The maximum absolute atomic E-state index is 9.80. The molecule has 1 saturated heterocycles. The summed E-state index contributed by atoms with van der Waals surface area (Å²) in [6.07, 6.45) is -0.566. The summed E-state index contributed by atoms with van der Waals surface area (Å²) in [6.45, 7) is 3.76. The van der Waals surface area contributed by atoms with E-state index in [0.717, 1.165) is 0 Å². The standard InChI is InChI=1S/C12H16O4/c1-7-12(16-8(2)15-7)10-6-9(14-3)4-5-11(10)13/h4-8,12-13H,1-3H3/t7-,8?,12+/m0/s1. The van der Waals surface area contributed by atoms with E-state index >= 15 is 0 Å². The van der Waals surface area contributed by atoms with Gasteiger partial charge in [-0.05, 0) is 32.0 Å². The second-order valence-corrected chi connectivity index (χ2v) is 3.89. The second kappa shape index (κ2) is 4.31. The minimum Gasteiger partial charge on any atom is -0.508 e. The largest absolute Gasteiger partial charge is 0.508 e. The van der Waals surface area contributed by atoms with Gasteiger partial charge in [0.2, 0.25) is 0 Å². The monoisotopic (exact) mass is 224 g/mol. The van der Waals surface area contributed by atoms with Gasteiger partial charge in [-0.1, -0.05) is 0 Å². The lowest BCUT2D eigenvalue weighted by Gasteiger charge is -2.15. The molecule has 1 aromatic rings. The zero-order chi connectivity index (χ0) is 11.7. The van der Waals surface area contributed by atoms with Gasteiger partial charge in [-0.2, -0.15) is 0 Å². The highest BCUT2D eigenvalue weighted by atomic mass is 16.7. The fourth-order valence-electron chi connectivity index (χ4n) is 1.94. The molecule has 2 rings (SSSR count). The van der Waals surface area contributed by atoms with Crippen LogP contribution in [0.2, 0.25) is 0 Å². The van der Waals surface area contributed by atoms with Crippen LogP contribution in [0.25, 0.3) is 0 Å². The van der Waals surface area contributed by atoms with Gasteiger partial charge in [-0.3, -0.25) is 0 Å². The lowest BCUT2D eigenvalue weighted by molar-refractivity contribution is -0.0496. The average molecular weight is 224 g/mol. The molecule has 3 atom stereocenters. The number of methoxy groups -OCH3 is 1. The third-order valence-corrected chi connectivity index (χ3v) is 2.71. The van der Waals surface area contributed by atoms with Crippen LogP contribution in [0.5, 0.6) is 11.5 Å². The number of phenols is 1. The molecule has 1 aromatic carbocycles. The van der Waals surface area contributed by atoms with Crippen LogP contribution in [-0.4, -0.2) is 24.6 Å². The van der Waals surface area contributed by atoms with Gasteiger partial charge in [0.25, 0.3) is 0 Å². The van der Waals surface area contributed by atoms with Gasteiger partial charge in [0.15, 0.2) is 6.29 Å². The van der Waals surface area contributed by atoms with Crippen molar-refractivity contribution in [3.05, 3.63) is 23.8 Å². The number of ether oxygens (including phenoxy) is 3. The first kappa shape index (κ1) is 11.2. The maximum atomic E-state index is 9.80. The van der Waals surface area contributed by atoms with Crippen LogP contribution in [0.4, 0.5) is 0 Å². The van der Waals surface area contributed by atoms with Gasteiger partial charge in [0.05, 0.1) is 13.2 Å². The summed E-state index contributed by atoms with van der Waals surface area (Å²) in [5, 5.41) is 9.80. The Hall–Kier alpha value is -1.26. The van der Waals surface area contributed by atoms with Crippen molar-refractivity contribution in [1.82, 2.24) is 0 Å². The molecule has 88 valence electrons. The van der Waals surface area contributed by atoms with E-state index in [9.17, 15) is 5.11 Å². The number of hydrogen-bond donors (Lipinski definition) is 1. The SMILES string of the molecule is COc1ccc(O)c([C@@H]2OC(C)O[C@H]2C)c1. The van der Waals surface area contributed by atoms with Crippen molar-refractivity contribution in [2.75, 3.05) is 7.11 Å². The minimum atomic E-state index is -0.245. The molecule has 16 heavy (non-hydrogen) atoms. The molecular weight excluding hydrogens is 208 g/mol. The number of aromatic hydroxyl groups is 1. The van der Waals surface area contributed by atoms with Crippen LogP contribution in [0, 0.1) is 0 Å². The predicted octanol–water partition coefficient (Wildman–Crippen LogP) is 2.22. The summed E-state index contributed by atoms with van der Waals surface area (Å²) in [5.41, 5.74) is 0.705. The highest BCUT2D eigenvalue weighted by molar-refractivity contribution is 5.41. The van der Waals surface area contributed by atoms with Gasteiger partial charge in [-0.25, -0.2) is 0 Å². The predicted molar refractivity (Wildman–Crippen MR) is 58.5 cm³/mol. The van der Waals surface area contributed by atoms with E-state index in [-0.39, 0.29) is 24.2 Å². The van der Waals surface area contributed by atoms with Crippen LogP contribution < -0.4 is 4.74 Å². The highest BCUT2D eigenvalue weighted by Crippen LogP contribution is 2.38. The smallest absolute Gasteiger partial charge is 0.156 e. The van der Waals surface area contributed by atoms with Crippen LogP contribution in [0.15, 0.2) is 18.2 Å². The second-order valence-electron chi connectivity index (χ2n) is 3.89. The fraction of sp³-hybridized carbons (Fsp3) is 0.500. The summed E-state index contributed by atoms with van der Waals surface area (Å²) in [5.74, 6) is 0.901. The van der Waals surface area contributed by atoms with Crippen molar-refractivity contribution in [3.63, 3.8) is 0 Å². The first-order chi connectivity index (χ1) is 7.61. The summed E-state index contributed by atoms with van der Waals surface area (Å²) >= 11 is 0. The summed E-state index contributed by atoms with van der Waals surface area (Å²) < 4.78 is 16.2. The number of phenolic OH excluding ortho intramolecular Hbond substituents is 1. The van der Waals surface area contributed by atoms with Gasteiger partial charge >= 0.3 is 0 Å². The van der Waals surface area contributed by atoms with Gasteiger partial charge in [0, 0.05) is 5.56 Å². The Kier molecular flexibility index (Phi) is 3.03. The van der Waals surface area contributed by atoms with Gasteiger partial charge in [0.1, 0.15) is 17.6 Å². The molecule has 0 radical (unpaired) electrons. The zero-order valence-corrected chi connectivity index (χ0v) is 9.64. The lowest BCUT2D eigenvalue weighted by atomic mass is 10.0. The molecule has 1 unspecified atom stereocenters. The maximum Gasteiger partial charge on any atom is 0.156 e. The highest BCUT2D eigenvalue weighted by Gasteiger charge is 2.33. The quantitative estimate of drug-likeness (QED) is 0.836. The zero-order valence-electron chi connectivity index (χ0n) is 9.64. The van der Waals surface area contributed by atoms with Crippen molar-refractivity contribution in [2.45, 2.75) is 32.3 Å². The summed E-state index contributed by atoms with van der Waals surface area (Å²) in [6, 6.07) is 5.09. The van der Waals surface area contributed by atoms with Crippen molar-refractivity contribution >= 4 is 0 Å². The third kappa shape index (κ3) is 1.99.